The first kappa shape index (κ1) is 12.8. The molecule has 0 fully saturated rings. The Morgan fingerprint density at radius 3 is 2.17 bits per heavy atom. The van der Waals surface area contributed by atoms with Crippen molar-refractivity contribution in [3.63, 3.8) is 0 Å². The van der Waals surface area contributed by atoms with Gasteiger partial charge in [0.15, 0.2) is 0 Å². The normalized spacial score (nSPS) is 10.7. The van der Waals surface area contributed by atoms with E-state index in [1.165, 1.54) is 28.3 Å². The quantitative estimate of drug-likeness (QED) is 0.851. The van der Waals surface area contributed by atoms with E-state index < -0.39 is 0 Å². The lowest BCUT2D eigenvalue weighted by Gasteiger charge is -2.13. The van der Waals surface area contributed by atoms with E-state index >= 15 is 0 Å². The first-order chi connectivity index (χ1) is 8.52. The second-order valence-electron chi connectivity index (χ2n) is 4.78. The average Bonchev–Trinajstić information content (AvgIpc) is 2.30. The Kier molecular flexibility index (Phi) is 3.48. The van der Waals surface area contributed by atoms with Crippen LogP contribution in [0.3, 0.4) is 0 Å². The second-order valence-corrected chi connectivity index (χ2v) is 4.78. The first-order valence-electron chi connectivity index (χ1n) is 6.09. The third kappa shape index (κ3) is 2.29. The lowest BCUT2D eigenvalue weighted by Crippen LogP contribution is -2.00. The van der Waals surface area contributed by atoms with Gasteiger partial charge in [-0.3, -0.25) is 0 Å². The summed E-state index contributed by atoms with van der Waals surface area (Å²) in [5.74, 6) is -0.233. The Balaban J connectivity index is 2.62. The molecule has 1 nitrogen and oxygen atoms in total. The van der Waals surface area contributed by atoms with E-state index in [4.69, 9.17) is 5.73 Å². The van der Waals surface area contributed by atoms with Crippen molar-refractivity contribution in [2.24, 2.45) is 5.73 Å². The fourth-order valence-corrected chi connectivity index (χ4v) is 2.52. The van der Waals surface area contributed by atoms with E-state index in [2.05, 4.69) is 32.9 Å². The zero-order valence-electron chi connectivity index (χ0n) is 11.0. The molecule has 0 bridgehead atoms. The zero-order chi connectivity index (χ0) is 13.3. The molecule has 0 aliphatic rings. The van der Waals surface area contributed by atoms with Crippen LogP contribution in [0.25, 0.3) is 11.1 Å². The summed E-state index contributed by atoms with van der Waals surface area (Å²) < 4.78 is 13.5. The Bertz CT molecular complexity index is 565. The minimum atomic E-state index is -0.233. The molecule has 2 rings (SSSR count). The van der Waals surface area contributed by atoms with Gasteiger partial charge in [-0.15, -0.1) is 0 Å². The molecule has 0 radical (unpaired) electrons. The van der Waals surface area contributed by atoms with Gasteiger partial charge in [-0.1, -0.05) is 23.8 Å². The number of nitrogens with two attached hydrogens (primary N) is 1. The Morgan fingerprint density at radius 1 is 1.00 bits per heavy atom. The van der Waals surface area contributed by atoms with Crippen LogP contribution in [0.4, 0.5) is 4.39 Å². The summed E-state index contributed by atoms with van der Waals surface area (Å²) in [5, 5.41) is 0. The predicted octanol–water partition coefficient (Wildman–Crippen LogP) is 3.88. The van der Waals surface area contributed by atoms with Crippen molar-refractivity contribution < 1.29 is 4.39 Å². The molecule has 0 spiro atoms. The van der Waals surface area contributed by atoms with Crippen LogP contribution in [-0.2, 0) is 6.54 Å². The molecule has 0 aliphatic carbocycles. The summed E-state index contributed by atoms with van der Waals surface area (Å²) in [6.45, 7) is 6.48. The minimum Gasteiger partial charge on any atom is -0.326 e. The van der Waals surface area contributed by atoms with Crippen LogP contribution < -0.4 is 5.73 Å². The largest absolute Gasteiger partial charge is 0.326 e. The van der Waals surface area contributed by atoms with Crippen molar-refractivity contribution in [1.82, 2.24) is 0 Å². The third-order valence-corrected chi connectivity index (χ3v) is 3.23. The lowest BCUT2D eigenvalue weighted by atomic mass is 9.93. The highest BCUT2D eigenvalue weighted by atomic mass is 19.1. The van der Waals surface area contributed by atoms with Crippen molar-refractivity contribution in [2.75, 3.05) is 0 Å². The van der Waals surface area contributed by atoms with Gasteiger partial charge < -0.3 is 5.73 Å². The standard InChI is InChI=1S/C16H18FN/c1-10-6-11(2)16(12(3)7-10)13-4-5-15(17)14(8-13)9-18/h4-8H,9,18H2,1-3H3. The Morgan fingerprint density at radius 2 is 1.61 bits per heavy atom. The maximum Gasteiger partial charge on any atom is 0.127 e. The van der Waals surface area contributed by atoms with Crippen molar-refractivity contribution in [2.45, 2.75) is 27.3 Å². The number of hydrogen-bond acceptors (Lipinski definition) is 1. The zero-order valence-corrected chi connectivity index (χ0v) is 11.0. The number of hydrogen-bond donors (Lipinski definition) is 1. The molecular formula is C16H18FN. The maximum absolute atomic E-state index is 13.5. The molecule has 0 atom stereocenters. The number of aryl methyl sites for hydroxylation is 3. The summed E-state index contributed by atoms with van der Waals surface area (Å²) in [6, 6.07) is 9.46. The highest BCUT2D eigenvalue weighted by Crippen LogP contribution is 2.29. The van der Waals surface area contributed by atoms with Crippen LogP contribution >= 0.6 is 0 Å². The summed E-state index contributed by atoms with van der Waals surface area (Å²) in [6.07, 6.45) is 0. The van der Waals surface area contributed by atoms with Crippen LogP contribution in [-0.4, -0.2) is 0 Å². The fraction of sp³-hybridized carbons (Fsp3) is 0.250. The Labute approximate surface area is 107 Å². The van der Waals surface area contributed by atoms with Gasteiger partial charge in [0, 0.05) is 12.1 Å². The van der Waals surface area contributed by atoms with Crippen LogP contribution in [0.1, 0.15) is 22.3 Å². The SMILES string of the molecule is Cc1cc(C)c(-c2ccc(F)c(CN)c2)c(C)c1. The predicted molar refractivity (Wildman–Crippen MR) is 73.9 cm³/mol. The molecule has 0 aliphatic heterocycles. The smallest absolute Gasteiger partial charge is 0.127 e. The first-order valence-corrected chi connectivity index (χ1v) is 6.09. The van der Waals surface area contributed by atoms with Gasteiger partial charge in [0.1, 0.15) is 5.82 Å². The van der Waals surface area contributed by atoms with Crippen LogP contribution in [0.15, 0.2) is 30.3 Å². The summed E-state index contributed by atoms with van der Waals surface area (Å²) in [5.41, 5.74) is 12.0. The molecule has 0 aromatic heterocycles. The number of halogens is 1. The number of rotatable bonds is 2. The molecule has 2 aromatic carbocycles. The van der Waals surface area contributed by atoms with E-state index in [0.29, 0.717) is 5.56 Å². The van der Waals surface area contributed by atoms with E-state index in [0.717, 1.165) is 5.56 Å². The maximum atomic E-state index is 13.5. The summed E-state index contributed by atoms with van der Waals surface area (Å²) in [4.78, 5) is 0. The van der Waals surface area contributed by atoms with E-state index in [1.807, 2.05) is 12.1 Å². The monoisotopic (exact) mass is 243 g/mol. The van der Waals surface area contributed by atoms with Gasteiger partial charge in [0.05, 0.1) is 0 Å². The molecule has 0 amide bonds. The molecule has 0 heterocycles. The highest BCUT2D eigenvalue weighted by Gasteiger charge is 2.09. The lowest BCUT2D eigenvalue weighted by molar-refractivity contribution is 0.611. The van der Waals surface area contributed by atoms with Crippen LogP contribution in [0, 0.1) is 26.6 Å². The third-order valence-electron chi connectivity index (χ3n) is 3.23. The topological polar surface area (TPSA) is 26.0 Å². The summed E-state index contributed by atoms with van der Waals surface area (Å²) >= 11 is 0. The van der Waals surface area contributed by atoms with Crippen molar-refractivity contribution >= 4 is 0 Å². The van der Waals surface area contributed by atoms with Crippen molar-refractivity contribution in [1.29, 1.82) is 0 Å². The highest BCUT2D eigenvalue weighted by molar-refractivity contribution is 5.71. The van der Waals surface area contributed by atoms with Gasteiger partial charge in [0.25, 0.3) is 0 Å². The molecule has 2 N–H and O–H groups in total. The van der Waals surface area contributed by atoms with E-state index in [1.54, 1.807) is 0 Å². The molecule has 0 saturated carbocycles. The molecule has 2 aromatic rings. The molecule has 18 heavy (non-hydrogen) atoms. The average molecular weight is 243 g/mol. The van der Waals surface area contributed by atoms with Crippen LogP contribution in [0.2, 0.25) is 0 Å². The number of benzene rings is 2. The Hall–Kier alpha value is -1.67. The van der Waals surface area contributed by atoms with Gasteiger partial charge in [-0.25, -0.2) is 4.39 Å². The van der Waals surface area contributed by atoms with Gasteiger partial charge in [-0.05, 0) is 55.2 Å². The van der Waals surface area contributed by atoms with Crippen LogP contribution in [0.5, 0.6) is 0 Å². The van der Waals surface area contributed by atoms with Crippen molar-refractivity contribution in [3.8, 4) is 11.1 Å². The van der Waals surface area contributed by atoms with E-state index in [9.17, 15) is 4.39 Å². The molecule has 0 saturated heterocycles. The summed E-state index contributed by atoms with van der Waals surface area (Å²) in [7, 11) is 0. The molecule has 2 heteroatoms. The molecular weight excluding hydrogens is 225 g/mol. The minimum absolute atomic E-state index is 0.226. The van der Waals surface area contributed by atoms with Gasteiger partial charge in [-0.2, -0.15) is 0 Å². The molecule has 0 unspecified atom stereocenters. The van der Waals surface area contributed by atoms with E-state index in [-0.39, 0.29) is 12.4 Å². The van der Waals surface area contributed by atoms with Crippen molar-refractivity contribution in [3.05, 3.63) is 58.4 Å². The van der Waals surface area contributed by atoms with Gasteiger partial charge >= 0.3 is 0 Å². The molecule has 94 valence electrons. The second kappa shape index (κ2) is 4.91. The van der Waals surface area contributed by atoms with Gasteiger partial charge in [0.2, 0.25) is 0 Å². The fourth-order valence-electron chi connectivity index (χ4n) is 2.52.